The SMILES string of the molecule is Cc1ccc(C)c2sc(N(CCN(C)C)C(=O)c3ccn(C)n3)nc12.Cl. The Balaban J connectivity index is 0.00000243. The first-order valence-corrected chi connectivity index (χ1v) is 9.01. The lowest BCUT2D eigenvalue weighted by Crippen LogP contribution is -2.37. The van der Waals surface area contributed by atoms with Crippen molar-refractivity contribution in [3.05, 3.63) is 41.2 Å². The van der Waals surface area contributed by atoms with Gasteiger partial charge in [-0.2, -0.15) is 5.10 Å². The van der Waals surface area contributed by atoms with Gasteiger partial charge in [0.1, 0.15) is 0 Å². The van der Waals surface area contributed by atoms with Crippen molar-refractivity contribution < 1.29 is 4.79 Å². The summed E-state index contributed by atoms with van der Waals surface area (Å²) in [6, 6.07) is 5.92. The topological polar surface area (TPSA) is 54.3 Å². The average Bonchev–Trinajstić information content (AvgIpc) is 3.18. The van der Waals surface area contributed by atoms with Crippen LogP contribution in [0.2, 0.25) is 0 Å². The number of hydrogen-bond donors (Lipinski definition) is 0. The summed E-state index contributed by atoms with van der Waals surface area (Å²) >= 11 is 1.57. The number of benzene rings is 1. The van der Waals surface area contributed by atoms with Crippen LogP contribution in [0, 0.1) is 13.8 Å². The Labute approximate surface area is 163 Å². The van der Waals surface area contributed by atoms with Crippen molar-refractivity contribution in [3.8, 4) is 0 Å². The number of nitrogens with zero attached hydrogens (tertiary/aromatic N) is 5. The molecule has 0 radical (unpaired) electrons. The second-order valence-electron chi connectivity index (χ2n) is 6.51. The van der Waals surface area contributed by atoms with Gasteiger partial charge in [-0.3, -0.25) is 14.4 Å². The second kappa shape index (κ2) is 8.16. The van der Waals surface area contributed by atoms with Gasteiger partial charge in [-0.1, -0.05) is 23.5 Å². The average molecular weight is 394 g/mol. The smallest absolute Gasteiger partial charge is 0.280 e. The number of likely N-dealkylation sites (N-methyl/N-ethyl adjacent to an activating group) is 1. The highest BCUT2D eigenvalue weighted by Gasteiger charge is 2.23. The van der Waals surface area contributed by atoms with Crippen LogP contribution in [0.15, 0.2) is 24.4 Å². The first-order valence-electron chi connectivity index (χ1n) is 8.20. The van der Waals surface area contributed by atoms with Crippen LogP contribution in [-0.4, -0.2) is 52.8 Å². The van der Waals surface area contributed by atoms with Gasteiger partial charge in [0.2, 0.25) is 0 Å². The lowest BCUT2D eigenvalue weighted by atomic mass is 10.1. The summed E-state index contributed by atoms with van der Waals surface area (Å²) in [6.45, 7) is 5.46. The molecule has 8 heteroatoms. The Morgan fingerprint density at radius 1 is 1.15 bits per heavy atom. The maximum absolute atomic E-state index is 13.0. The van der Waals surface area contributed by atoms with Gasteiger partial charge in [-0.15, -0.1) is 12.4 Å². The Bertz CT molecular complexity index is 879. The van der Waals surface area contributed by atoms with E-state index in [1.165, 1.54) is 5.56 Å². The molecule has 0 spiro atoms. The molecule has 0 aliphatic rings. The van der Waals surface area contributed by atoms with E-state index < -0.39 is 0 Å². The number of carbonyl (C=O) groups is 1. The zero-order valence-corrected chi connectivity index (χ0v) is 17.3. The molecule has 0 fully saturated rings. The van der Waals surface area contributed by atoms with Crippen LogP contribution in [0.4, 0.5) is 5.13 Å². The molecule has 0 aliphatic carbocycles. The maximum Gasteiger partial charge on any atom is 0.280 e. The minimum absolute atomic E-state index is 0. The molecular weight excluding hydrogens is 370 g/mol. The van der Waals surface area contributed by atoms with E-state index in [1.807, 2.05) is 21.1 Å². The zero-order chi connectivity index (χ0) is 18.1. The highest BCUT2D eigenvalue weighted by molar-refractivity contribution is 7.22. The zero-order valence-electron chi connectivity index (χ0n) is 15.7. The summed E-state index contributed by atoms with van der Waals surface area (Å²) in [5, 5.41) is 4.99. The number of carbonyl (C=O) groups excluding carboxylic acids is 1. The van der Waals surface area contributed by atoms with E-state index in [0.717, 1.165) is 27.5 Å². The molecule has 0 unspecified atom stereocenters. The monoisotopic (exact) mass is 393 g/mol. The summed E-state index contributed by atoms with van der Waals surface area (Å²) in [7, 11) is 5.80. The van der Waals surface area contributed by atoms with Crippen LogP contribution >= 0.6 is 23.7 Å². The molecule has 6 nitrogen and oxygen atoms in total. The fourth-order valence-electron chi connectivity index (χ4n) is 2.61. The maximum atomic E-state index is 13.0. The molecule has 1 aromatic carbocycles. The van der Waals surface area contributed by atoms with Crippen molar-refractivity contribution in [2.75, 3.05) is 32.1 Å². The third kappa shape index (κ3) is 4.06. The molecule has 0 saturated heterocycles. The van der Waals surface area contributed by atoms with E-state index in [4.69, 9.17) is 4.98 Å². The molecular formula is C18H24ClN5OS. The molecule has 2 aromatic heterocycles. The van der Waals surface area contributed by atoms with Gasteiger partial charge in [0, 0.05) is 26.3 Å². The molecule has 26 heavy (non-hydrogen) atoms. The van der Waals surface area contributed by atoms with Gasteiger partial charge in [0.25, 0.3) is 5.91 Å². The van der Waals surface area contributed by atoms with E-state index in [0.29, 0.717) is 12.2 Å². The van der Waals surface area contributed by atoms with Gasteiger partial charge in [-0.05, 0) is 45.1 Å². The van der Waals surface area contributed by atoms with Crippen LogP contribution in [0.3, 0.4) is 0 Å². The molecule has 3 rings (SSSR count). The van der Waals surface area contributed by atoms with E-state index in [9.17, 15) is 4.79 Å². The fourth-order valence-corrected chi connectivity index (χ4v) is 3.75. The highest BCUT2D eigenvalue weighted by Crippen LogP contribution is 2.33. The number of amides is 1. The fraction of sp³-hybridized carbons (Fsp3) is 0.389. The normalized spacial score (nSPS) is 11.0. The molecule has 0 saturated carbocycles. The highest BCUT2D eigenvalue weighted by atomic mass is 35.5. The van der Waals surface area contributed by atoms with Crippen molar-refractivity contribution in [2.24, 2.45) is 7.05 Å². The van der Waals surface area contributed by atoms with Crippen molar-refractivity contribution in [1.29, 1.82) is 0 Å². The predicted molar refractivity (Wildman–Crippen MR) is 110 cm³/mol. The molecule has 0 bridgehead atoms. The summed E-state index contributed by atoms with van der Waals surface area (Å²) in [4.78, 5) is 21.6. The summed E-state index contributed by atoms with van der Waals surface area (Å²) in [5.74, 6) is -0.114. The Morgan fingerprint density at radius 2 is 1.85 bits per heavy atom. The van der Waals surface area contributed by atoms with Crippen molar-refractivity contribution >= 4 is 45.0 Å². The van der Waals surface area contributed by atoms with Crippen molar-refractivity contribution in [3.63, 3.8) is 0 Å². The summed E-state index contributed by atoms with van der Waals surface area (Å²) in [5.41, 5.74) is 3.72. The van der Waals surface area contributed by atoms with Crippen LogP contribution in [-0.2, 0) is 7.05 Å². The number of aromatic nitrogens is 3. The number of hydrogen-bond acceptors (Lipinski definition) is 5. The molecule has 3 aromatic rings. The number of anilines is 1. The van der Waals surface area contributed by atoms with Crippen LogP contribution in [0.25, 0.3) is 10.2 Å². The third-order valence-corrected chi connectivity index (χ3v) is 5.32. The molecule has 1 amide bonds. The number of aryl methyl sites for hydroxylation is 3. The van der Waals surface area contributed by atoms with E-state index in [2.05, 4.69) is 36.0 Å². The van der Waals surface area contributed by atoms with Gasteiger partial charge < -0.3 is 4.90 Å². The van der Waals surface area contributed by atoms with Gasteiger partial charge in [-0.25, -0.2) is 4.98 Å². The van der Waals surface area contributed by atoms with Crippen LogP contribution < -0.4 is 4.90 Å². The second-order valence-corrected chi connectivity index (χ2v) is 7.49. The Morgan fingerprint density at radius 3 is 2.42 bits per heavy atom. The molecule has 140 valence electrons. The number of fused-ring (bicyclic) bond motifs is 1. The minimum Gasteiger partial charge on any atom is -0.308 e. The summed E-state index contributed by atoms with van der Waals surface area (Å²) in [6.07, 6.45) is 1.78. The van der Waals surface area contributed by atoms with Crippen LogP contribution in [0.5, 0.6) is 0 Å². The van der Waals surface area contributed by atoms with Crippen molar-refractivity contribution in [2.45, 2.75) is 13.8 Å². The molecule has 0 atom stereocenters. The third-order valence-electron chi connectivity index (χ3n) is 4.11. The van der Waals surface area contributed by atoms with Gasteiger partial charge in [0.15, 0.2) is 10.8 Å². The largest absolute Gasteiger partial charge is 0.308 e. The van der Waals surface area contributed by atoms with Crippen molar-refractivity contribution in [1.82, 2.24) is 19.7 Å². The first-order chi connectivity index (χ1) is 11.9. The van der Waals surface area contributed by atoms with E-state index >= 15 is 0 Å². The minimum atomic E-state index is -0.114. The van der Waals surface area contributed by atoms with Gasteiger partial charge in [0.05, 0.1) is 10.2 Å². The molecule has 0 aliphatic heterocycles. The number of rotatable bonds is 5. The summed E-state index contributed by atoms with van der Waals surface area (Å²) < 4.78 is 2.78. The standard InChI is InChI=1S/C18H23N5OS.ClH/c1-12-6-7-13(2)16-15(12)19-18(25-16)23(11-10-21(3)4)17(24)14-8-9-22(5)20-14;/h6-9H,10-11H2,1-5H3;1H. The molecule has 2 heterocycles. The number of thiazole rings is 1. The Hall–Kier alpha value is -1.96. The van der Waals surface area contributed by atoms with E-state index in [-0.39, 0.29) is 18.3 Å². The lowest BCUT2D eigenvalue weighted by Gasteiger charge is -2.21. The van der Waals surface area contributed by atoms with Gasteiger partial charge >= 0.3 is 0 Å². The van der Waals surface area contributed by atoms with E-state index in [1.54, 1.807) is 33.2 Å². The molecule has 0 N–H and O–H groups in total. The lowest BCUT2D eigenvalue weighted by molar-refractivity contribution is 0.0979. The Kier molecular flexibility index (Phi) is 6.39. The first kappa shape index (κ1) is 20.4. The van der Waals surface area contributed by atoms with Crippen LogP contribution in [0.1, 0.15) is 21.6 Å². The number of halogens is 1. The predicted octanol–water partition coefficient (Wildman–Crippen LogP) is 3.28. The quantitative estimate of drug-likeness (QED) is 0.667.